The van der Waals surface area contributed by atoms with Crippen LogP contribution in [0.1, 0.15) is 45.6 Å². The maximum Gasteiger partial charge on any atom is 0.410 e. The van der Waals surface area contributed by atoms with E-state index in [1.807, 2.05) is 45.0 Å². The lowest BCUT2D eigenvalue weighted by molar-refractivity contribution is 0.0210. The number of nitrogens with one attached hydrogen (secondary N) is 1. The summed E-state index contributed by atoms with van der Waals surface area (Å²) in [6.45, 7) is 7.84. The fourth-order valence-electron chi connectivity index (χ4n) is 4.72. The van der Waals surface area contributed by atoms with Gasteiger partial charge in [0.1, 0.15) is 17.2 Å². The third kappa shape index (κ3) is 5.58. The number of piperidine rings is 1. The minimum absolute atomic E-state index is 0.204. The lowest BCUT2D eigenvalue weighted by atomic mass is 10.0. The third-order valence-electron chi connectivity index (χ3n) is 6.51. The second kappa shape index (κ2) is 10.1. The number of likely N-dealkylation sites (tertiary alicyclic amines) is 1. The maximum atomic E-state index is 12.4. The zero-order valence-electron chi connectivity index (χ0n) is 21.3. The number of nitrogens with zero attached hydrogens (tertiary/aromatic N) is 5. The minimum Gasteiger partial charge on any atom is -0.444 e. The van der Waals surface area contributed by atoms with Crippen LogP contribution in [0.4, 0.5) is 22.4 Å². The van der Waals surface area contributed by atoms with Crippen LogP contribution < -0.4 is 10.2 Å². The minimum atomic E-state index is -0.482. The normalized spacial score (nSPS) is 16.4. The Labute approximate surface area is 212 Å². The van der Waals surface area contributed by atoms with Crippen LogP contribution in [0.2, 0.25) is 0 Å². The maximum absolute atomic E-state index is 12.4. The van der Waals surface area contributed by atoms with E-state index in [1.54, 1.807) is 11.1 Å². The van der Waals surface area contributed by atoms with Crippen molar-refractivity contribution in [2.24, 2.45) is 0 Å². The number of hydrogen-bond donors (Lipinski definition) is 1. The Morgan fingerprint density at radius 3 is 2.53 bits per heavy atom. The van der Waals surface area contributed by atoms with Crippen LogP contribution >= 0.6 is 0 Å². The Bertz CT molecular complexity index is 1200. The average molecular weight is 487 g/mol. The number of hydrogen-bond acceptors (Lipinski definition) is 7. The van der Waals surface area contributed by atoms with Gasteiger partial charge in [0, 0.05) is 37.4 Å². The lowest BCUT2D eigenvalue weighted by Crippen LogP contribution is -2.44. The molecule has 1 saturated heterocycles. The highest BCUT2D eigenvalue weighted by molar-refractivity contribution is 5.69. The Hall–Kier alpha value is -3.68. The van der Waals surface area contributed by atoms with Crippen molar-refractivity contribution in [2.45, 2.75) is 58.1 Å². The number of carbonyl (C=O) groups is 1. The van der Waals surface area contributed by atoms with E-state index in [9.17, 15) is 4.79 Å². The van der Waals surface area contributed by atoms with Gasteiger partial charge in [0.15, 0.2) is 0 Å². The Morgan fingerprint density at radius 1 is 1.00 bits per heavy atom. The Morgan fingerprint density at radius 2 is 1.78 bits per heavy atom. The first-order valence-electron chi connectivity index (χ1n) is 12.8. The number of anilines is 3. The molecule has 0 unspecified atom stereocenters. The molecule has 5 rings (SSSR count). The van der Waals surface area contributed by atoms with Crippen molar-refractivity contribution in [1.82, 2.24) is 19.9 Å². The van der Waals surface area contributed by atoms with Gasteiger partial charge >= 0.3 is 6.09 Å². The summed E-state index contributed by atoms with van der Waals surface area (Å²) < 4.78 is 5.51. The fourth-order valence-corrected chi connectivity index (χ4v) is 4.72. The van der Waals surface area contributed by atoms with Gasteiger partial charge in [-0.15, -0.1) is 0 Å². The monoisotopic (exact) mass is 486 g/mol. The van der Waals surface area contributed by atoms with Crippen LogP contribution in [0.15, 0.2) is 54.7 Å². The molecule has 8 nitrogen and oxygen atoms in total. The first kappa shape index (κ1) is 24.0. The first-order chi connectivity index (χ1) is 17.4. The summed E-state index contributed by atoms with van der Waals surface area (Å²) >= 11 is 0. The highest BCUT2D eigenvalue weighted by Crippen LogP contribution is 2.33. The highest BCUT2D eigenvalue weighted by atomic mass is 16.6. The molecule has 1 fully saturated rings. The standard InChI is InChI=1S/C28H34N6O2/c1-28(2,3)36-27(35)33-18-14-22(15-19-33)30-26-29-16-13-24(32-26)34-17-7-10-21-11-12-23(31-25(21)34)20-8-5-4-6-9-20/h4-6,8-9,11-13,16,22H,7,10,14-15,17-19H2,1-3H3,(H,29,30,32). The molecule has 8 heteroatoms. The molecule has 1 N–H and O–H groups in total. The number of benzene rings is 1. The van der Waals surface area contributed by atoms with E-state index >= 15 is 0 Å². The Balaban J connectivity index is 1.28. The smallest absolute Gasteiger partial charge is 0.410 e. The van der Waals surface area contributed by atoms with Gasteiger partial charge in [0.05, 0.1) is 5.69 Å². The number of rotatable bonds is 4. The lowest BCUT2D eigenvalue weighted by Gasteiger charge is -2.34. The molecular weight excluding hydrogens is 452 g/mol. The number of fused-ring (bicyclic) bond motifs is 1. The van der Waals surface area contributed by atoms with E-state index in [-0.39, 0.29) is 12.1 Å². The highest BCUT2D eigenvalue weighted by Gasteiger charge is 2.27. The number of amides is 1. The summed E-state index contributed by atoms with van der Waals surface area (Å²) in [7, 11) is 0. The van der Waals surface area contributed by atoms with Crippen molar-refractivity contribution in [3.8, 4) is 11.3 Å². The average Bonchev–Trinajstić information content (AvgIpc) is 2.88. The van der Waals surface area contributed by atoms with E-state index in [0.717, 1.165) is 55.1 Å². The van der Waals surface area contributed by atoms with Crippen LogP contribution in [0.3, 0.4) is 0 Å². The third-order valence-corrected chi connectivity index (χ3v) is 6.51. The second-order valence-electron chi connectivity index (χ2n) is 10.4. The van der Waals surface area contributed by atoms with Gasteiger partial charge in [-0.3, -0.25) is 0 Å². The summed E-state index contributed by atoms with van der Waals surface area (Å²) in [5.74, 6) is 2.42. The van der Waals surface area contributed by atoms with Gasteiger partial charge in [-0.1, -0.05) is 36.4 Å². The van der Waals surface area contributed by atoms with Crippen LogP contribution in [-0.2, 0) is 11.2 Å². The van der Waals surface area contributed by atoms with Crippen molar-refractivity contribution in [3.63, 3.8) is 0 Å². The van der Waals surface area contributed by atoms with Gasteiger partial charge in [0.25, 0.3) is 0 Å². The molecule has 2 aliphatic rings. The van der Waals surface area contributed by atoms with Crippen molar-refractivity contribution in [3.05, 3.63) is 60.3 Å². The molecule has 1 amide bonds. The van der Waals surface area contributed by atoms with Crippen LogP contribution in [0.25, 0.3) is 11.3 Å². The molecule has 0 saturated carbocycles. The van der Waals surface area contributed by atoms with E-state index in [1.165, 1.54) is 5.56 Å². The van der Waals surface area contributed by atoms with Crippen LogP contribution in [0, 0.1) is 0 Å². The van der Waals surface area contributed by atoms with Crippen molar-refractivity contribution in [2.75, 3.05) is 29.9 Å². The molecule has 4 heterocycles. The number of pyridine rings is 1. The fraction of sp³-hybridized carbons (Fsp3) is 0.429. The molecular formula is C28H34N6O2. The molecule has 3 aromatic rings. The topological polar surface area (TPSA) is 83.5 Å². The van der Waals surface area contributed by atoms with Crippen molar-refractivity contribution >= 4 is 23.7 Å². The summed E-state index contributed by atoms with van der Waals surface area (Å²) in [6.07, 6.45) is 5.26. The van der Waals surface area contributed by atoms with Gasteiger partial charge in [-0.2, -0.15) is 4.98 Å². The first-order valence-corrected chi connectivity index (χ1v) is 12.8. The van der Waals surface area contributed by atoms with Gasteiger partial charge < -0.3 is 19.9 Å². The molecule has 0 radical (unpaired) electrons. The molecule has 0 aliphatic carbocycles. The number of carbonyl (C=O) groups excluding carboxylic acids is 1. The molecule has 36 heavy (non-hydrogen) atoms. The van der Waals surface area contributed by atoms with Gasteiger partial charge in [-0.05, 0) is 64.2 Å². The molecule has 0 atom stereocenters. The molecule has 2 aliphatic heterocycles. The molecule has 2 aromatic heterocycles. The van der Waals surface area contributed by atoms with E-state index in [4.69, 9.17) is 14.7 Å². The second-order valence-corrected chi connectivity index (χ2v) is 10.4. The predicted octanol–water partition coefficient (Wildman–Crippen LogP) is 5.43. The Kier molecular flexibility index (Phi) is 6.76. The molecule has 188 valence electrons. The molecule has 0 spiro atoms. The summed E-state index contributed by atoms with van der Waals surface area (Å²) in [5.41, 5.74) is 2.83. The zero-order chi connectivity index (χ0) is 25.1. The SMILES string of the molecule is CC(C)(C)OC(=O)N1CCC(Nc2nccc(N3CCCc4ccc(-c5ccccc5)nc43)n2)CC1. The van der Waals surface area contributed by atoms with E-state index < -0.39 is 5.60 Å². The van der Waals surface area contributed by atoms with Gasteiger partial charge in [0.2, 0.25) is 5.95 Å². The van der Waals surface area contributed by atoms with Crippen molar-refractivity contribution in [1.29, 1.82) is 0 Å². The summed E-state index contributed by atoms with van der Waals surface area (Å²) in [6, 6.07) is 16.7. The molecule has 1 aromatic carbocycles. The number of aromatic nitrogens is 3. The van der Waals surface area contributed by atoms with Crippen LogP contribution in [-0.4, -0.2) is 57.2 Å². The zero-order valence-corrected chi connectivity index (χ0v) is 21.3. The van der Waals surface area contributed by atoms with E-state index in [0.29, 0.717) is 19.0 Å². The summed E-state index contributed by atoms with van der Waals surface area (Å²) in [5, 5.41) is 3.48. The largest absolute Gasteiger partial charge is 0.444 e. The summed E-state index contributed by atoms with van der Waals surface area (Å²) in [4.78, 5) is 30.7. The van der Waals surface area contributed by atoms with E-state index in [2.05, 4.69) is 39.5 Å². The number of ether oxygens (including phenoxy) is 1. The predicted molar refractivity (Wildman–Crippen MR) is 141 cm³/mol. The van der Waals surface area contributed by atoms with Crippen LogP contribution in [0.5, 0.6) is 0 Å². The quantitative estimate of drug-likeness (QED) is 0.526. The van der Waals surface area contributed by atoms with Crippen molar-refractivity contribution < 1.29 is 9.53 Å². The molecule has 0 bridgehead atoms. The number of aryl methyl sites for hydroxylation is 1. The van der Waals surface area contributed by atoms with Gasteiger partial charge in [-0.25, -0.2) is 14.8 Å².